The van der Waals surface area contributed by atoms with E-state index in [1.807, 2.05) is 0 Å². The molecule has 3 amide bonds. The predicted molar refractivity (Wildman–Crippen MR) is 128 cm³/mol. The van der Waals surface area contributed by atoms with Gasteiger partial charge in [-0.1, -0.05) is 0 Å². The molecule has 4 unspecified atom stereocenters. The number of carbonyl (C=O) groups excluding carboxylic acids is 3. The molecule has 0 fully saturated rings. The topological polar surface area (TPSA) is 273 Å². The third-order valence-corrected chi connectivity index (χ3v) is 5.26. The van der Waals surface area contributed by atoms with Crippen LogP contribution in [0.2, 0.25) is 0 Å². The van der Waals surface area contributed by atoms with E-state index < -0.39 is 66.9 Å². The van der Waals surface area contributed by atoms with Crippen molar-refractivity contribution in [1.29, 1.82) is 0 Å². The molecule has 0 bridgehead atoms. The number of nitrogens with one attached hydrogen (secondary N) is 3. The minimum atomic E-state index is -1.50. The molecule has 0 saturated heterocycles. The van der Waals surface area contributed by atoms with E-state index in [1.165, 1.54) is 11.8 Å². The lowest BCUT2D eigenvalue weighted by Gasteiger charge is -2.25. The molecule has 4 atom stereocenters. The summed E-state index contributed by atoms with van der Waals surface area (Å²) in [6.07, 6.45) is 1.37. The maximum atomic E-state index is 12.9. The number of thioether (sulfide) groups is 1. The van der Waals surface area contributed by atoms with Crippen LogP contribution in [-0.4, -0.2) is 100 Å². The Hall–Kier alpha value is -3.11. The monoisotopic (exact) mass is 521 g/mol. The molecule has 0 aromatic heterocycles. The minimum Gasteiger partial charge on any atom is -0.481 e. The number of aliphatic imine (C=N–C) groups is 1. The summed E-state index contributed by atoms with van der Waals surface area (Å²) in [7, 11) is 0. The summed E-state index contributed by atoms with van der Waals surface area (Å²) >= 11 is 1.41. The molecule has 0 aliphatic heterocycles. The number of nitrogens with zero attached hydrogens (tertiary/aromatic N) is 1. The van der Waals surface area contributed by atoms with Crippen molar-refractivity contribution in [3.05, 3.63) is 0 Å². The first kappa shape index (κ1) is 31.9. The highest BCUT2D eigenvalue weighted by Crippen LogP contribution is 2.06. The van der Waals surface area contributed by atoms with E-state index in [1.54, 1.807) is 6.26 Å². The lowest BCUT2D eigenvalue weighted by molar-refractivity contribution is -0.143. The van der Waals surface area contributed by atoms with Gasteiger partial charge >= 0.3 is 11.9 Å². The Balaban J connectivity index is 5.56. The number of hydrogen-bond acceptors (Lipinski definition) is 9. The van der Waals surface area contributed by atoms with E-state index in [9.17, 15) is 29.1 Å². The van der Waals surface area contributed by atoms with Crippen LogP contribution in [0.25, 0.3) is 0 Å². The highest BCUT2D eigenvalue weighted by atomic mass is 32.2. The molecule has 35 heavy (non-hydrogen) atoms. The molecule has 0 aliphatic rings. The fraction of sp³-hybridized carbons (Fsp3) is 0.684. The van der Waals surface area contributed by atoms with Crippen LogP contribution in [0.5, 0.6) is 0 Å². The first-order chi connectivity index (χ1) is 16.4. The third kappa shape index (κ3) is 14.0. The van der Waals surface area contributed by atoms with Gasteiger partial charge < -0.3 is 48.5 Å². The fourth-order valence-corrected chi connectivity index (χ4v) is 3.18. The Bertz CT molecular complexity index is 763. The number of guanidine groups is 1. The largest absolute Gasteiger partial charge is 0.481 e. The summed E-state index contributed by atoms with van der Waals surface area (Å²) in [6, 6.07) is -5.06. The quantitative estimate of drug-likeness (QED) is 0.0483. The standard InChI is InChI=1S/C19H35N7O8S/c1-35-8-6-12(24-15(30)10(20)9-27)17(32)25-11(3-2-7-23-19(21)22)16(31)26-13(18(33)34)4-5-14(28)29/h10-13,27H,2-9,20H2,1H3,(H,24,30)(H,25,32)(H,26,31)(H,28,29)(H,33,34)(H4,21,22,23). The molecular formula is C19H35N7O8S. The fourth-order valence-electron chi connectivity index (χ4n) is 2.71. The van der Waals surface area contributed by atoms with Gasteiger partial charge in [-0.3, -0.25) is 24.2 Å². The summed E-state index contributed by atoms with van der Waals surface area (Å²) in [5, 5.41) is 34.3. The molecule has 0 aromatic rings. The number of nitrogens with two attached hydrogens (primary N) is 3. The normalized spacial score (nSPS) is 14.0. The summed E-state index contributed by atoms with van der Waals surface area (Å²) < 4.78 is 0. The Morgan fingerprint density at radius 1 is 0.886 bits per heavy atom. The molecule has 0 aromatic carbocycles. The lowest BCUT2D eigenvalue weighted by atomic mass is 10.1. The van der Waals surface area contributed by atoms with E-state index in [4.69, 9.17) is 27.4 Å². The summed E-state index contributed by atoms with van der Waals surface area (Å²) in [5.41, 5.74) is 16.0. The van der Waals surface area contributed by atoms with Crippen LogP contribution in [0, 0.1) is 0 Å². The van der Waals surface area contributed by atoms with E-state index in [2.05, 4.69) is 20.9 Å². The maximum Gasteiger partial charge on any atom is 0.326 e. The molecule has 0 aliphatic carbocycles. The van der Waals surface area contributed by atoms with Crippen molar-refractivity contribution in [3.63, 3.8) is 0 Å². The first-order valence-electron chi connectivity index (χ1n) is 10.7. The average molecular weight is 522 g/mol. The SMILES string of the molecule is CSCCC(NC(=O)C(N)CO)C(=O)NC(CCCN=C(N)N)C(=O)NC(CCC(=O)O)C(=O)O. The van der Waals surface area contributed by atoms with Gasteiger partial charge in [-0.25, -0.2) is 4.79 Å². The van der Waals surface area contributed by atoms with Crippen molar-refractivity contribution >= 4 is 47.4 Å². The second-order valence-corrected chi connectivity index (χ2v) is 8.46. The van der Waals surface area contributed by atoms with E-state index in [-0.39, 0.29) is 38.2 Å². The average Bonchev–Trinajstić information content (AvgIpc) is 2.79. The van der Waals surface area contributed by atoms with Gasteiger partial charge in [-0.15, -0.1) is 0 Å². The predicted octanol–water partition coefficient (Wildman–Crippen LogP) is -3.48. The van der Waals surface area contributed by atoms with Crippen molar-refractivity contribution in [1.82, 2.24) is 16.0 Å². The van der Waals surface area contributed by atoms with Gasteiger partial charge in [0.2, 0.25) is 17.7 Å². The molecule has 12 N–H and O–H groups in total. The zero-order valence-electron chi connectivity index (χ0n) is 19.4. The summed E-state index contributed by atoms with van der Waals surface area (Å²) in [6.45, 7) is -0.507. The van der Waals surface area contributed by atoms with Gasteiger partial charge in [-0.2, -0.15) is 11.8 Å². The number of carboxylic acid groups (broad SMARTS) is 2. The van der Waals surface area contributed by atoms with Gasteiger partial charge in [0.05, 0.1) is 6.61 Å². The zero-order chi connectivity index (χ0) is 27.0. The molecule has 15 nitrogen and oxygen atoms in total. The zero-order valence-corrected chi connectivity index (χ0v) is 20.3. The Morgan fingerprint density at radius 3 is 1.91 bits per heavy atom. The van der Waals surface area contributed by atoms with Crippen LogP contribution >= 0.6 is 11.8 Å². The van der Waals surface area contributed by atoms with Crippen LogP contribution in [0.3, 0.4) is 0 Å². The third-order valence-electron chi connectivity index (χ3n) is 4.62. The van der Waals surface area contributed by atoms with Crippen molar-refractivity contribution in [2.75, 3.05) is 25.2 Å². The number of carboxylic acids is 2. The number of hydrogen-bond donors (Lipinski definition) is 9. The van der Waals surface area contributed by atoms with Crippen LogP contribution in [-0.2, 0) is 24.0 Å². The maximum absolute atomic E-state index is 12.9. The van der Waals surface area contributed by atoms with E-state index in [0.717, 1.165) is 0 Å². The summed E-state index contributed by atoms with van der Waals surface area (Å²) in [5.74, 6) is -4.71. The van der Waals surface area contributed by atoms with Crippen molar-refractivity contribution < 1.29 is 39.3 Å². The van der Waals surface area contributed by atoms with Crippen LogP contribution in [0.1, 0.15) is 32.1 Å². The Morgan fingerprint density at radius 2 is 1.43 bits per heavy atom. The number of carbonyl (C=O) groups is 5. The smallest absolute Gasteiger partial charge is 0.326 e. The van der Waals surface area contributed by atoms with Gasteiger partial charge in [0.25, 0.3) is 0 Å². The highest BCUT2D eigenvalue weighted by Gasteiger charge is 2.30. The molecular weight excluding hydrogens is 486 g/mol. The molecule has 0 rings (SSSR count). The van der Waals surface area contributed by atoms with Crippen molar-refractivity contribution in [2.45, 2.75) is 56.3 Å². The molecule has 200 valence electrons. The molecule has 0 radical (unpaired) electrons. The van der Waals surface area contributed by atoms with Crippen LogP contribution < -0.4 is 33.2 Å². The second-order valence-electron chi connectivity index (χ2n) is 7.47. The van der Waals surface area contributed by atoms with Crippen LogP contribution in [0.4, 0.5) is 0 Å². The van der Waals surface area contributed by atoms with Gasteiger partial charge in [0.15, 0.2) is 5.96 Å². The number of aliphatic hydroxyl groups is 1. The highest BCUT2D eigenvalue weighted by molar-refractivity contribution is 7.98. The molecule has 0 spiro atoms. The van der Waals surface area contributed by atoms with E-state index >= 15 is 0 Å². The minimum absolute atomic E-state index is 0.0129. The van der Waals surface area contributed by atoms with Crippen LogP contribution in [0.15, 0.2) is 4.99 Å². The molecule has 0 heterocycles. The lowest BCUT2D eigenvalue weighted by Crippen LogP contribution is -2.57. The number of aliphatic hydroxyl groups excluding tert-OH is 1. The number of amides is 3. The van der Waals surface area contributed by atoms with Crippen molar-refractivity contribution in [3.8, 4) is 0 Å². The first-order valence-corrected chi connectivity index (χ1v) is 12.1. The van der Waals surface area contributed by atoms with Crippen molar-refractivity contribution in [2.24, 2.45) is 22.2 Å². The number of aliphatic carboxylic acids is 2. The molecule has 16 heteroatoms. The second kappa shape index (κ2) is 17.3. The molecule has 0 saturated carbocycles. The van der Waals surface area contributed by atoms with Gasteiger partial charge in [-0.05, 0) is 37.7 Å². The Labute approximate surface area is 206 Å². The Kier molecular flexibility index (Phi) is 15.8. The van der Waals surface area contributed by atoms with Gasteiger partial charge in [0.1, 0.15) is 24.2 Å². The van der Waals surface area contributed by atoms with Gasteiger partial charge in [0, 0.05) is 13.0 Å². The summed E-state index contributed by atoms with van der Waals surface area (Å²) in [4.78, 5) is 63.8. The van der Waals surface area contributed by atoms with E-state index in [0.29, 0.717) is 5.75 Å². The number of rotatable bonds is 18.